The fourth-order valence-electron chi connectivity index (χ4n) is 8.06. The van der Waals surface area contributed by atoms with E-state index in [2.05, 4.69) is 26.0 Å². The van der Waals surface area contributed by atoms with Gasteiger partial charge in [0.05, 0.1) is 17.8 Å². The summed E-state index contributed by atoms with van der Waals surface area (Å²) in [5, 5.41) is 31.2. The molecule has 3 heteroatoms. The normalized spacial score (nSPS) is 41.6. The molecule has 32 heavy (non-hydrogen) atoms. The summed E-state index contributed by atoms with van der Waals surface area (Å²) in [5.74, 6) is 2.19. The molecule has 0 amide bonds. The fraction of sp³-hybridized carbons (Fsp3) is 0.862. The molecule has 4 aliphatic rings. The quantitative estimate of drug-likeness (QED) is 0.449. The number of fused-ring (bicyclic) bond motifs is 1. The maximum absolute atomic E-state index is 10.7. The Morgan fingerprint density at radius 2 is 1.69 bits per heavy atom. The van der Waals surface area contributed by atoms with E-state index in [1.54, 1.807) is 5.57 Å². The predicted molar refractivity (Wildman–Crippen MR) is 131 cm³/mol. The number of hydrogen-bond donors (Lipinski definition) is 3. The largest absolute Gasteiger partial charge is 0.392 e. The summed E-state index contributed by atoms with van der Waals surface area (Å²) < 4.78 is 0. The molecule has 4 fully saturated rings. The molecule has 4 rings (SSSR count). The van der Waals surface area contributed by atoms with Gasteiger partial charge in [0, 0.05) is 5.92 Å². The van der Waals surface area contributed by atoms with Crippen molar-refractivity contribution in [2.24, 2.45) is 29.1 Å². The molecule has 0 aliphatic heterocycles. The van der Waals surface area contributed by atoms with Crippen molar-refractivity contribution in [2.45, 2.75) is 128 Å². The van der Waals surface area contributed by atoms with Crippen molar-refractivity contribution < 1.29 is 15.3 Å². The van der Waals surface area contributed by atoms with Gasteiger partial charge in [-0.3, -0.25) is 0 Å². The van der Waals surface area contributed by atoms with Gasteiger partial charge in [-0.1, -0.05) is 69.8 Å². The van der Waals surface area contributed by atoms with Crippen LogP contribution in [0, 0.1) is 29.1 Å². The van der Waals surface area contributed by atoms with Gasteiger partial charge in [-0.15, -0.1) is 0 Å². The summed E-state index contributed by atoms with van der Waals surface area (Å²) in [6.07, 6.45) is 19.5. The van der Waals surface area contributed by atoms with Gasteiger partial charge in [-0.25, -0.2) is 0 Å². The predicted octanol–water partition coefficient (Wildman–Crippen LogP) is 6.32. The van der Waals surface area contributed by atoms with Crippen LogP contribution in [0.1, 0.15) is 111 Å². The molecule has 0 radical (unpaired) electrons. The van der Waals surface area contributed by atoms with Crippen LogP contribution < -0.4 is 0 Å². The molecular formula is C29H48O3. The van der Waals surface area contributed by atoms with Crippen LogP contribution in [-0.4, -0.2) is 33.1 Å². The molecule has 4 aliphatic carbocycles. The van der Waals surface area contributed by atoms with Gasteiger partial charge in [0.15, 0.2) is 0 Å². The van der Waals surface area contributed by atoms with Gasteiger partial charge < -0.3 is 15.3 Å². The zero-order valence-corrected chi connectivity index (χ0v) is 20.9. The van der Waals surface area contributed by atoms with E-state index in [1.165, 1.54) is 63.4 Å². The lowest BCUT2D eigenvalue weighted by molar-refractivity contribution is 0.00405. The third-order valence-electron chi connectivity index (χ3n) is 10.3. The van der Waals surface area contributed by atoms with Crippen LogP contribution in [0.2, 0.25) is 0 Å². The number of aliphatic hydroxyl groups is 3. The van der Waals surface area contributed by atoms with Gasteiger partial charge in [0.25, 0.3) is 0 Å². The van der Waals surface area contributed by atoms with E-state index in [0.29, 0.717) is 24.2 Å². The molecule has 0 bridgehead atoms. The highest BCUT2D eigenvalue weighted by atomic mass is 16.3. The van der Waals surface area contributed by atoms with Crippen LogP contribution in [0.3, 0.4) is 0 Å². The minimum Gasteiger partial charge on any atom is -0.392 e. The SMILES string of the molecule is CC1[C@H](O)CC(=C/C=C2\CCC[C@]3(C)[C@@H]([C@@H](C)CCCC4(O)CCCC4)CC[C@@H]23)C[C@H]1O. The minimum atomic E-state index is -0.418. The summed E-state index contributed by atoms with van der Waals surface area (Å²) in [4.78, 5) is 0. The summed E-state index contributed by atoms with van der Waals surface area (Å²) in [7, 11) is 0. The Kier molecular flexibility index (Phi) is 7.59. The van der Waals surface area contributed by atoms with Crippen molar-refractivity contribution in [3.63, 3.8) is 0 Å². The molecule has 4 saturated carbocycles. The van der Waals surface area contributed by atoms with Gasteiger partial charge in [0.2, 0.25) is 0 Å². The van der Waals surface area contributed by atoms with E-state index >= 15 is 0 Å². The first-order chi connectivity index (χ1) is 15.2. The Labute approximate surface area is 196 Å². The van der Waals surface area contributed by atoms with Crippen molar-refractivity contribution >= 4 is 0 Å². The third-order valence-corrected chi connectivity index (χ3v) is 10.3. The monoisotopic (exact) mass is 444 g/mol. The number of rotatable bonds is 6. The maximum Gasteiger partial charge on any atom is 0.0647 e. The van der Waals surface area contributed by atoms with Crippen molar-refractivity contribution in [3.05, 3.63) is 23.3 Å². The zero-order chi connectivity index (χ0) is 22.9. The van der Waals surface area contributed by atoms with Gasteiger partial charge >= 0.3 is 0 Å². The highest BCUT2D eigenvalue weighted by molar-refractivity contribution is 5.26. The average molecular weight is 445 g/mol. The van der Waals surface area contributed by atoms with E-state index in [4.69, 9.17) is 0 Å². The topological polar surface area (TPSA) is 60.7 Å². The molecule has 3 N–H and O–H groups in total. The Bertz CT molecular complexity index is 689. The van der Waals surface area contributed by atoms with Crippen LogP contribution in [0.4, 0.5) is 0 Å². The molecule has 0 heterocycles. The Morgan fingerprint density at radius 1 is 1.00 bits per heavy atom. The molecule has 0 saturated heterocycles. The van der Waals surface area contributed by atoms with Crippen LogP contribution >= 0.6 is 0 Å². The smallest absolute Gasteiger partial charge is 0.0647 e. The molecule has 3 nitrogen and oxygen atoms in total. The van der Waals surface area contributed by atoms with Crippen LogP contribution in [0.25, 0.3) is 0 Å². The molecule has 0 aromatic heterocycles. The lowest BCUT2D eigenvalue weighted by atomic mass is 9.60. The van der Waals surface area contributed by atoms with E-state index in [0.717, 1.165) is 31.1 Å². The average Bonchev–Trinajstić information content (AvgIpc) is 3.33. The molecular weight excluding hydrogens is 396 g/mol. The molecule has 0 unspecified atom stereocenters. The zero-order valence-electron chi connectivity index (χ0n) is 20.9. The number of hydrogen-bond acceptors (Lipinski definition) is 3. The molecule has 0 aromatic carbocycles. The Balaban J connectivity index is 1.38. The Hall–Kier alpha value is -0.640. The summed E-state index contributed by atoms with van der Waals surface area (Å²) in [6, 6.07) is 0. The first-order valence-electron chi connectivity index (χ1n) is 13.7. The number of allylic oxidation sites excluding steroid dienone is 3. The maximum atomic E-state index is 10.7. The van der Waals surface area contributed by atoms with Gasteiger partial charge in [-0.05, 0) is 87.4 Å². The van der Waals surface area contributed by atoms with Crippen LogP contribution in [0.5, 0.6) is 0 Å². The number of aliphatic hydroxyl groups excluding tert-OH is 2. The van der Waals surface area contributed by atoms with Gasteiger partial charge in [-0.2, -0.15) is 0 Å². The molecule has 182 valence electrons. The van der Waals surface area contributed by atoms with Gasteiger partial charge in [0.1, 0.15) is 0 Å². The van der Waals surface area contributed by atoms with Crippen molar-refractivity contribution in [3.8, 4) is 0 Å². The fourth-order valence-corrected chi connectivity index (χ4v) is 8.06. The highest BCUT2D eigenvalue weighted by Gasteiger charge is 2.50. The summed E-state index contributed by atoms with van der Waals surface area (Å²) >= 11 is 0. The standard InChI is InChI=1S/C29H48O3/c1-20(8-6-17-29(32)15-4-5-16-29)24-12-13-25-23(9-7-14-28(24,25)3)11-10-22-18-26(30)21(2)27(31)19-22/h10-11,20-21,24-27,30-32H,4-9,12-19H2,1-3H3/b22-10?,23-11+/t20-,21?,24+,25-,26+,27+,28+/m0/s1. The second-order valence-electron chi connectivity index (χ2n) is 12.4. The van der Waals surface area contributed by atoms with E-state index in [9.17, 15) is 15.3 Å². The molecule has 0 spiro atoms. The summed E-state index contributed by atoms with van der Waals surface area (Å²) in [5.41, 5.74) is 2.88. The lowest BCUT2D eigenvalue weighted by Gasteiger charge is -2.44. The highest BCUT2D eigenvalue weighted by Crippen LogP contribution is 2.60. The van der Waals surface area contributed by atoms with E-state index < -0.39 is 12.2 Å². The first-order valence-corrected chi connectivity index (χ1v) is 13.7. The van der Waals surface area contributed by atoms with Crippen LogP contribution in [0.15, 0.2) is 23.3 Å². The van der Waals surface area contributed by atoms with E-state index in [1.807, 2.05) is 6.92 Å². The second-order valence-corrected chi connectivity index (χ2v) is 12.4. The lowest BCUT2D eigenvalue weighted by Crippen LogP contribution is -2.36. The second kappa shape index (κ2) is 9.92. The summed E-state index contributed by atoms with van der Waals surface area (Å²) in [6.45, 7) is 6.99. The van der Waals surface area contributed by atoms with Crippen molar-refractivity contribution in [1.82, 2.24) is 0 Å². The van der Waals surface area contributed by atoms with Crippen LogP contribution in [-0.2, 0) is 0 Å². The van der Waals surface area contributed by atoms with Crippen molar-refractivity contribution in [1.29, 1.82) is 0 Å². The van der Waals surface area contributed by atoms with E-state index in [-0.39, 0.29) is 11.5 Å². The van der Waals surface area contributed by atoms with Crippen molar-refractivity contribution in [2.75, 3.05) is 0 Å². The minimum absolute atomic E-state index is 0.0239. The first kappa shape index (κ1) is 24.5. The Morgan fingerprint density at radius 3 is 2.38 bits per heavy atom. The molecule has 0 aromatic rings. The third kappa shape index (κ3) is 5.05. The molecule has 6 atom stereocenters.